The third kappa shape index (κ3) is 4.45. The average Bonchev–Trinajstić information content (AvgIpc) is 2.81. The van der Waals surface area contributed by atoms with Crippen LogP contribution in [0.3, 0.4) is 0 Å². The quantitative estimate of drug-likeness (QED) is 0.447. The summed E-state index contributed by atoms with van der Waals surface area (Å²) < 4.78 is 0. The van der Waals surface area contributed by atoms with E-state index in [0.717, 1.165) is 11.1 Å². The monoisotopic (exact) mass is 392 g/mol. The van der Waals surface area contributed by atoms with E-state index >= 15 is 0 Å². The summed E-state index contributed by atoms with van der Waals surface area (Å²) in [5.74, 6) is -0.547. The van der Waals surface area contributed by atoms with Crippen molar-refractivity contribution in [3.05, 3.63) is 120 Å². The summed E-state index contributed by atoms with van der Waals surface area (Å²) in [7, 11) is 0. The SMILES string of the molecule is O=C(Nc1ccccc1C(=O)Nc1ccc(-c2ccccc2)cc1)c1ccccc1. The van der Waals surface area contributed by atoms with Gasteiger partial charge in [0.15, 0.2) is 0 Å². The number of para-hydroxylation sites is 1. The molecule has 0 aromatic heterocycles. The molecule has 4 nitrogen and oxygen atoms in total. The fourth-order valence-electron chi connectivity index (χ4n) is 3.15. The Balaban J connectivity index is 1.49. The van der Waals surface area contributed by atoms with Crippen molar-refractivity contribution in [2.45, 2.75) is 0 Å². The van der Waals surface area contributed by atoms with E-state index in [4.69, 9.17) is 0 Å². The first kappa shape index (κ1) is 19.2. The molecular formula is C26H20N2O2. The second-order valence-electron chi connectivity index (χ2n) is 6.76. The van der Waals surface area contributed by atoms with Crippen LogP contribution in [0.5, 0.6) is 0 Å². The Hall–Kier alpha value is -4.18. The lowest BCUT2D eigenvalue weighted by molar-refractivity contribution is 0.102. The van der Waals surface area contributed by atoms with Crippen LogP contribution in [-0.2, 0) is 0 Å². The summed E-state index contributed by atoms with van der Waals surface area (Å²) in [5, 5.41) is 5.72. The zero-order valence-electron chi connectivity index (χ0n) is 16.2. The van der Waals surface area contributed by atoms with Gasteiger partial charge in [-0.05, 0) is 47.5 Å². The first-order valence-corrected chi connectivity index (χ1v) is 9.63. The molecule has 30 heavy (non-hydrogen) atoms. The normalized spacial score (nSPS) is 10.3. The van der Waals surface area contributed by atoms with E-state index in [1.54, 1.807) is 48.5 Å². The summed E-state index contributed by atoms with van der Waals surface area (Å²) in [6.07, 6.45) is 0. The summed E-state index contributed by atoms with van der Waals surface area (Å²) in [5.41, 5.74) is 4.26. The molecule has 0 fully saturated rings. The highest BCUT2D eigenvalue weighted by Gasteiger charge is 2.14. The number of carbonyl (C=O) groups is 2. The molecule has 0 bridgehead atoms. The van der Waals surface area contributed by atoms with Gasteiger partial charge >= 0.3 is 0 Å². The molecule has 0 radical (unpaired) electrons. The minimum absolute atomic E-state index is 0.261. The van der Waals surface area contributed by atoms with Crippen molar-refractivity contribution in [3.8, 4) is 11.1 Å². The zero-order valence-corrected chi connectivity index (χ0v) is 16.2. The molecule has 0 saturated heterocycles. The smallest absolute Gasteiger partial charge is 0.257 e. The Morgan fingerprint density at radius 1 is 0.500 bits per heavy atom. The molecule has 0 unspecified atom stereocenters. The highest BCUT2D eigenvalue weighted by atomic mass is 16.2. The Bertz CT molecular complexity index is 1150. The Kier molecular flexibility index (Phi) is 5.67. The number of amides is 2. The van der Waals surface area contributed by atoms with Gasteiger partial charge in [0.05, 0.1) is 11.3 Å². The van der Waals surface area contributed by atoms with Gasteiger partial charge in [-0.25, -0.2) is 0 Å². The number of benzene rings is 4. The fourth-order valence-corrected chi connectivity index (χ4v) is 3.15. The van der Waals surface area contributed by atoms with Crippen molar-refractivity contribution in [1.82, 2.24) is 0 Å². The molecule has 0 aliphatic heterocycles. The van der Waals surface area contributed by atoms with Gasteiger partial charge < -0.3 is 10.6 Å². The number of anilines is 2. The Morgan fingerprint density at radius 2 is 1.07 bits per heavy atom. The van der Waals surface area contributed by atoms with Crippen LogP contribution < -0.4 is 10.6 Å². The van der Waals surface area contributed by atoms with Crippen LogP contribution in [-0.4, -0.2) is 11.8 Å². The molecule has 2 amide bonds. The maximum Gasteiger partial charge on any atom is 0.257 e. The molecule has 0 aliphatic rings. The second-order valence-corrected chi connectivity index (χ2v) is 6.76. The maximum atomic E-state index is 12.8. The van der Waals surface area contributed by atoms with Crippen LogP contribution in [0.1, 0.15) is 20.7 Å². The molecular weight excluding hydrogens is 372 g/mol. The van der Waals surface area contributed by atoms with Crippen LogP contribution in [0.25, 0.3) is 11.1 Å². The lowest BCUT2D eigenvalue weighted by atomic mass is 10.1. The molecule has 0 spiro atoms. The zero-order chi connectivity index (χ0) is 20.8. The topological polar surface area (TPSA) is 58.2 Å². The van der Waals surface area contributed by atoms with Crippen LogP contribution in [0.15, 0.2) is 109 Å². The predicted octanol–water partition coefficient (Wildman–Crippen LogP) is 5.86. The number of rotatable bonds is 5. The van der Waals surface area contributed by atoms with Crippen molar-refractivity contribution >= 4 is 23.2 Å². The lowest BCUT2D eigenvalue weighted by Crippen LogP contribution is -2.18. The van der Waals surface area contributed by atoms with Crippen LogP contribution >= 0.6 is 0 Å². The van der Waals surface area contributed by atoms with E-state index in [2.05, 4.69) is 10.6 Å². The van der Waals surface area contributed by atoms with Gasteiger partial charge in [-0.2, -0.15) is 0 Å². The van der Waals surface area contributed by atoms with Gasteiger partial charge in [-0.15, -0.1) is 0 Å². The molecule has 0 atom stereocenters. The van der Waals surface area contributed by atoms with Crippen molar-refractivity contribution in [3.63, 3.8) is 0 Å². The summed E-state index contributed by atoms with van der Waals surface area (Å²) in [4.78, 5) is 25.3. The van der Waals surface area contributed by atoms with Crippen LogP contribution in [0.4, 0.5) is 11.4 Å². The van der Waals surface area contributed by atoms with E-state index in [0.29, 0.717) is 22.5 Å². The lowest BCUT2D eigenvalue weighted by Gasteiger charge is -2.12. The van der Waals surface area contributed by atoms with Gasteiger partial charge in [0, 0.05) is 11.3 Å². The number of carbonyl (C=O) groups excluding carboxylic acids is 2. The molecule has 146 valence electrons. The van der Waals surface area contributed by atoms with Gasteiger partial charge in [-0.1, -0.05) is 72.8 Å². The molecule has 0 aliphatic carbocycles. The van der Waals surface area contributed by atoms with Gasteiger partial charge in [0.2, 0.25) is 0 Å². The minimum atomic E-state index is -0.286. The van der Waals surface area contributed by atoms with Crippen LogP contribution in [0.2, 0.25) is 0 Å². The first-order chi connectivity index (χ1) is 14.7. The molecule has 4 heteroatoms. The highest BCUT2D eigenvalue weighted by molar-refractivity contribution is 6.12. The first-order valence-electron chi connectivity index (χ1n) is 9.63. The van der Waals surface area contributed by atoms with E-state index < -0.39 is 0 Å². The summed E-state index contributed by atoms with van der Waals surface area (Å²) in [6.45, 7) is 0. The third-order valence-corrected chi connectivity index (χ3v) is 4.71. The molecule has 0 saturated carbocycles. The van der Waals surface area contributed by atoms with Gasteiger partial charge in [-0.3, -0.25) is 9.59 Å². The minimum Gasteiger partial charge on any atom is -0.322 e. The largest absolute Gasteiger partial charge is 0.322 e. The number of hydrogen-bond donors (Lipinski definition) is 2. The maximum absolute atomic E-state index is 12.8. The van der Waals surface area contributed by atoms with Gasteiger partial charge in [0.1, 0.15) is 0 Å². The fraction of sp³-hybridized carbons (Fsp3) is 0. The van der Waals surface area contributed by atoms with Crippen molar-refractivity contribution in [2.75, 3.05) is 10.6 Å². The van der Waals surface area contributed by atoms with Crippen LogP contribution in [0, 0.1) is 0 Å². The Labute approximate surface area is 175 Å². The molecule has 4 rings (SSSR count). The Morgan fingerprint density at radius 3 is 1.77 bits per heavy atom. The third-order valence-electron chi connectivity index (χ3n) is 4.71. The molecule has 4 aromatic carbocycles. The molecule has 0 heterocycles. The summed E-state index contributed by atoms with van der Waals surface area (Å²) >= 11 is 0. The molecule has 2 N–H and O–H groups in total. The van der Waals surface area contributed by atoms with Crippen molar-refractivity contribution < 1.29 is 9.59 Å². The van der Waals surface area contributed by atoms with Crippen molar-refractivity contribution in [1.29, 1.82) is 0 Å². The standard InChI is InChI=1S/C26H20N2O2/c29-25(21-11-5-2-6-12-21)28-24-14-8-7-13-23(24)26(30)27-22-17-15-20(16-18-22)19-9-3-1-4-10-19/h1-18H,(H,27,30)(H,28,29). The second kappa shape index (κ2) is 8.88. The highest BCUT2D eigenvalue weighted by Crippen LogP contribution is 2.22. The number of hydrogen-bond acceptors (Lipinski definition) is 2. The average molecular weight is 392 g/mol. The molecule has 4 aromatic rings. The number of nitrogens with one attached hydrogen (secondary N) is 2. The summed E-state index contributed by atoms with van der Waals surface area (Å²) in [6, 6.07) is 33.6. The predicted molar refractivity (Wildman–Crippen MR) is 121 cm³/mol. The van der Waals surface area contributed by atoms with E-state index in [-0.39, 0.29) is 11.8 Å². The van der Waals surface area contributed by atoms with E-state index in [9.17, 15) is 9.59 Å². The van der Waals surface area contributed by atoms with E-state index in [1.165, 1.54) is 0 Å². The van der Waals surface area contributed by atoms with Crippen molar-refractivity contribution in [2.24, 2.45) is 0 Å². The van der Waals surface area contributed by atoms with Gasteiger partial charge in [0.25, 0.3) is 11.8 Å². The van der Waals surface area contributed by atoms with E-state index in [1.807, 2.05) is 60.7 Å².